The van der Waals surface area contributed by atoms with E-state index in [-0.39, 0.29) is 11.6 Å². The van der Waals surface area contributed by atoms with Crippen LogP contribution in [0.1, 0.15) is 18.0 Å². The number of rotatable bonds is 1. The van der Waals surface area contributed by atoms with Gasteiger partial charge in [-0.15, -0.1) is 0 Å². The van der Waals surface area contributed by atoms with Gasteiger partial charge in [-0.25, -0.2) is 0 Å². The monoisotopic (exact) mass is 184 g/mol. The maximum absolute atomic E-state index is 11.3. The lowest BCUT2D eigenvalue weighted by atomic mass is 10.00. The fourth-order valence-corrected chi connectivity index (χ4v) is 1.46. The third-order valence-electron chi connectivity index (χ3n) is 2.10. The van der Waals surface area contributed by atoms with Gasteiger partial charge in [0, 0.05) is 17.8 Å². The molecule has 1 aromatic rings. The Bertz CT molecular complexity index is 343. The fourth-order valence-electron chi connectivity index (χ4n) is 1.29. The van der Waals surface area contributed by atoms with E-state index >= 15 is 0 Å². The number of halogens is 1. The second-order valence-electron chi connectivity index (χ2n) is 2.90. The molecule has 1 aromatic heterocycles. The van der Waals surface area contributed by atoms with E-state index in [2.05, 4.69) is 10.3 Å². The van der Waals surface area contributed by atoms with E-state index in [0.717, 1.165) is 18.5 Å². The van der Waals surface area contributed by atoms with Crippen LogP contribution in [0.4, 0.5) is 0 Å². The van der Waals surface area contributed by atoms with Gasteiger partial charge < -0.3 is 10.3 Å². The quantitative estimate of drug-likeness (QED) is 0.686. The summed E-state index contributed by atoms with van der Waals surface area (Å²) in [7, 11) is 0. The van der Waals surface area contributed by atoms with Crippen LogP contribution < -0.4 is 10.9 Å². The number of aromatic nitrogens is 1. The number of aromatic amines is 1. The lowest BCUT2D eigenvalue weighted by molar-refractivity contribution is 0.380. The van der Waals surface area contributed by atoms with Gasteiger partial charge in [0.05, 0.1) is 5.02 Å². The molecular formula is C8H9ClN2O. The van der Waals surface area contributed by atoms with Crippen LogP contribution in [-0.4, -0.2) is 11.5 Å². The van der Waals surface area contributed by atoms with E-state index in [9.17, 15) is 4.79 Å². The van der Waals surface area contributed by atoms with E-state index < -0.39 is 0 Å². The summed E-state index contributed by atoms with van der Waals surface area (Å²) in [6.45, 7) is 0.983. The van der Waals surface area contributed by atoms with Crippen molar-refractivity contribution < 1.29 is 0 Å². The van der Waals surface area contributed by atoms with Gasteiger partial charge in [0.15, 0.2) is 0 Å². The van der Waals surface area contributed by atoms with Crippen LogP contribution in [0.15, 0.2) is 17.1 Å². The summed E-state index contributed by atoms with van der Waals surface area (Å²) in [5.74, 6) is 0. The molecule has 1 atom stereocenters. The summed E-state index contributed by atoms with van der Waals surface area (Å²) in [6, 6.07) is 1.92. The number of H-pyrrole nitrogens is 1. The SMILES string of the molecule is O=c1[nH]cc(Cl)cc1C1CCN1. The standard InChI is InChI=1S/C8H9ClN2O/c9-5-3-6(7-1-2-10-7)8(12)11-4-5/h3-4,7,10H,1-2H2,(H,11,12). The maximum atomic E-state index is 11.3. The van der Waals surface area contributed by atoms with E-state index in [0.29, 0.717) is 5.02 Å². The Hall–Kier alpha value is -0.800. The summed E-state index contributed by atoms with van der Waals surface area (Å²) < 4.78 is 0. The van der Waals surface area contributed by atoms with Crippen molar-refractivity contribution in [1.29, 1.82) is 0 Å². The van der Waals surface area contributed by atoms with Crippen molar-refractivity contribution in [2.24, 2.45) is 0 Å². The van der Waals surface area contributed by atoms with E-state index in [4.69, 9.17) is 11.6 Å². The van der Waals surface area contributed by atoms with Crippen molar-refractivity contribution in [1.82, 2.24) is 10.3 Å². The molecule has 12 heavy (non-hydrogen) atoms. The zero-order valence-corrected chi connectivity index (χ0v) is 7.19. The van der Waals surface area contributed by atoms with Crippen LogP contribution >= 0.6 is 11.6 Å². The Morgan fingerprint density at radius 2 is 2.33 bits per heavy atom. The molecule has 1 unspecified atom stereocenters. The van der Waals surface area contributed by atoms with Gasteiger partial charge in [0.2, 0.25) is 0 Å². The Kier molecular flexibility index (Phi) is 1.90. The average molecular weight is 185 g/mol. The first-order valence-electron chi connectivity index (χ1n) is 3.89. The summed E-state index contributed by atoms with van der Waals surface area (Å²) >= 11 is 5.74. The molecule has 3 nitrogen and oxygen atoms in total. The highest BCUT2D eigenvalue weighted by atomic mass is 35.5. The third-order valence-corrected chi connectivity index (χ3v) is 2.31. The van der Waals surface area contributed by atoms with Crippen molar-refractivity contribution in [3.05, 3.63) is 33.2 Å². The molecule has 0 radical (unpaired) electrons. The molecule has 64 valence electrons. The highest BCUT2D eigenvalue weighted by Gasteiger charge is 2.21. The minimum Gasteiger partial charge on any atom is -0.327 e. The molecular weight excluding hydrogens is 176 g/mol. The highest BCUT2D eigenvalue weighted by Crippen LogP contribution is 2.20. The summed E-state index contributed by atoms with van der Waals surface area (Å²) in [4.78, 5) is 13.8. The molecule has 1 fully saturated rings. The lowest BCUT2D eigenvalue weighted by Crippen LogP contribution is -2.38. The average Bonchev–Trinajstić information content (AvgIpc) is 1.93. The van der Waals surface area contributed by atoms with Gasteiger partial charge in [-0.05, 0) is 19.0 Å². The molecule has 1 aliphatic rings. The molecule has 0 aromatic carbocycles. The normalized spacial score (nSPS) is 21.9. The second kappa shape index (κ2) is 2.92. The van der Waals surface area contributed by atoms with E-state index in [1.54, 1.807) is 6.07 Å². The highest BCUT2D eigenvalue weighted by molar-refractivity contribution is 6.30. The van der Waals surface area contributed by atoms with Crippen LogP contribution in [0.3, 0.4) is 0 Å². The van der Waals surface area contributed by atoms with E-state index in [1.807, 2.05) is 0 Å². The third kappa shape index (κ3) is 1.26. The number of nitrogens with one attached hydrogen (secondary N) is 2. The fraction of sp³-hybridized carbons (Fsp3) is 0.375. The van der Waals surface area contributed by atoms with Crippen LogP contribution in [0.5, 0.6) is 0 Å². The van der Waals surface area contributed by atoms with Gasteiger partial charge in [-0.3, -0.25) is 4.79 Å². The van der Waals surface area contributed by atoms with Crippen molar-refractivity contribution in [2.45, 2.75) is 12.5 Å². The van der Waals surface area contributed by atoms with Gasteiger partial charge >= 0.3 is 0 Å². The van der Waals surface area contributed by atoms with Gasteiger partial charge in [-0.2, -0.15) is 0 Å². The Balaban J connectivity index is 2.40. The smallest absolute Gasteiger partial charge is 0.252 e. The molecule has 2 N–H and O–H groups in total. The zero-order chi connectivity index (χ0) is 8.55. The van der Waals surface area contributed by atoms with Gasteiger partial charge in [0.1, 0.15) is 0 Å². The molecule has 0 saturated carbocycles. The number of hydrogen-bond acceptors (Lipinski definition) is 2. The van der Waals surface area contributed by atoms with E-state index in [1.165, 1.54) is 6.20 Å². The molecule has 0 spiro atoms. The number of hydrogen-bond donors (Lipinski definition) is 2. The van der Waals surface area contributed by atoms with Gasteiger partial charge in [-0.1, -0.05) is 11.6 Å². The first-order valence-corrected chi connectivity index (χ1v) is 4.26. The molecule has 4 heteroatoms. The number of pyridine rings is 1. The Morgan fingerprint density at radius 1 is 1.58 bits per heavy atom. The minimum absolute atomic E-state index is 0.0448. The maximum Gasteiger partial charge on any atom is 0.252 e. The Morgan fingerprint density at radius 3 is 2.92 bits per heavy atom. The van der Waals surface area contributed by atoms with Crippen LogP contribution in [-0.2, 0) is 0 Å². The molecule has 2 rings (SSSR count). The molecule has 0 aliphatic carbocycles. The molecule has 1 aliphatic heterocycles. The molecule has 0 amide bonds. The molecule has 0 bridgehead atoms. The van der Waals surface area contributed by atoms with Crippen LogP contribution in [0, 0.1) is 0 Å². The predicted octanol–water partition coefficient (Wildman–Crippen LogP) is 1.06. The molecule has 2 heterocycles. The summed E-state index contributed by atoms with van der Waals surface area (Å²) in [5.41, 5.74) is 0.699. The minimum atomic E-state index is -0.0448. The zero-order valence-electron chi connectivity index (χ0n) is 6.43. The van der Waals surface area contributed by atoms with Crippen molar-refractivity contribution in [3.63, 3.8) is 0 Å². The van der Waals surface area contributed by atoms with Crippen molar-refractivity contribution in [2.75, 3.05) is 6.54 Å². The second-order valence-corrected chi connectivity index (χ2v) is 3.33. The first-order chi connectivity index (χ1) is 5.77. The van der Waals surface area contributed by atoms with Crippen LogP contribution in [0.2, 0.25) is 5.02 Å². The topological polar surface area (TPSA) is 44.9 Å². The van der Waals surface area contributed by atoms with Crippen molar-refractivity contribution in [3.8, 4) is 0 Å². The van der Waals surface area contributed by atoms with Crippen LogP contribution in [0.25, 0.3) is 0 Å². The molecule has 1 saturated heterocycles. The lowest BCUT2D eigenvalue weighted by Gasteiger charge is -2.27. The Labute approximate surface area is 74.8 Å². The largest absolute Gasteiger partial charge is 0.327 e. The summed E-state index contributed by atoms with van der Waals surface area (Å²) in [5, 5.41) is 3.73. The first kappa shape index (κ1) is 7.83. The van der Waals surface area contributed by atoms with Gasteiger partial charge in [0.25, 0.3) is 5.56 Å². The van der Waals surface area contributed by atoms with Crippen molar-refractivity contribution >= 4 is 11.6 Å². The summed E-state index contributed by atoms with van der Waals surface area (Å²) in [6.07, 6.45) is 2.52. The predicted molar refractivity (Wildman–Crippen MR) is 47.4 cm³/mol.